The first kappa shape index (κ1) is 24.5. The van der Waals surface area contributed by atoms with Crippen LogP contribution in [0.15, 0.2) is 60.0 Å². The Morgan fingerprint density at radius 3 is 2.69 bits per heavy atom. The molecule has 3 heterocycles. The van der Waals surface area contributed by atoms with Crippen LogP contribution in [0.4, 0.5) is 15.9 Å². The number of aliphatic imine (C=N–C) groups is 1. The van der Waals surface area contributed by atoms with Gasteiger partial charge in [0.15, 0.2) is 5.82 Å². The molecule has 1 aromatic heterocycles. The average molecular weight is 480 g/mol. The number of nitrogens with two attached hydrogens (primary N) is 2. The van der Waals surface area contributed by atoms with E-state index in [1.165, 1.54) is 6.07 Å². The number of aromatic nitrogens is 1. The first-order valence-corrected chi connectivity index (χ1v) is 11.9. The van der Waals surface area contributed by atoms with Gasteiger partial charge in [-0.05, 0) is 55.3 Å². The molecule has 2 aliphatic heterocycles. The highest BCUT2D eigenvalue weighted by molar-refractivity contribution is 5.99. The summed E-state index contributed by atoms with van der Waals surface area (Å²) in [5.74, 6) is 1.94. The Morgan fingerprint density at radius 1 is 1.23 bits per heavy atom. The summed E-state index contributed by atoms with van der Waals surface area (Å²) >= 11 is 0. The number of pyridine rings is 1. The molecule has 35 heavy (non-hydrogen) atoms. The second-order valence-corrected chi connectivity index (χ2v) is 8.95. The molecule has 0 bridgehead atoms. The topological polar surface area (TPSA) is 96.2 Å². The van der Waals surface area contributed by atoms with Gasteiger partial charge in [-0.2, -0.15) is 0 Å². The lowest BCUT2D eigenvalue weighted by molar-refractivity contribution is 0.0533. The third-order valence-corrected chi connectivity index (χ3v) is 6.43. The molecule has 9 heteroatoms. The Balaban J connectivity index is 1.62. The number of ether oxygens (including phenoxy) is 1. The SMILES string of the molecule is C=C(N=C(/C=C(\N)c1ccc(F)c(C)c1)N1CCN(c2ncccc2N)C[C@@H]1C)N1CCOCC1. The first-order chi connectivity index (χ1) is 16.8. The third kappa shape index (κ3) is 5.74. The lowest BCUT2D eigenvalue weighted by Crippen LogP contribution is -2.54. The maximum Gasteiger partial charge on any atom is 0.151 e. The summed E-state index contributed by atoms with van der Waals surface area (Å²) in [4.78, 5) is 15.9. The van der Waals surface area contributed by atoms with E-state index in [4.69, 9.17) is 21.2 Å². The minimum Gasteiger partial charge on any atom is -0.398 e. The van der Waals surface area contributed by atoms with Gasteiger partial charge in [-0.1, -0.05) is 6.58 Å². The Morgan fingerprint density at radius 2 is 2.00 bits per heavy atom. The fraction of sp³-hybridized carbons (Fsp3) is 0.385. The van der Waals surface area contributed by atoms with Crippen molar-refractivity contribution in [2.45, 2.75) is 19.9 Å². The summed E-state index contributed by atoms with van der Waals surface area (Å²) in [5, 5.41) is 0. The van der Waals surface area contributed by atoms with Crippen molar-refractivity contribution in [2.75, 3.05) is 56.6 Å². The van der Waals surface area contributed by atoms with E-state index in [2.05, 4.69) is 33.2 Å². The summed E-state index contributed by atoms with van der Waals surface area (Å²) in [6.07, 6.45) is 3.62. The highest BCUT2D eigenvalue weighted by Gasteiger charge is 2.28. The van der Waals surface area contributed by atoms with Crippen LogP contribution in [0, 0.1) is 12.7 Å². The number of nitrogen functional groups attached to an aromatic ring is 1. The Hall–Kier alpha value is -3.59. The fourth-order valence-electron chi connectivity index (χ4n) is 4.41. The van der Waals surface area contributed by atoms with Crippen molar-refractivity contribution in [2.24, 2.45) is 10.7 Å². The Kier molecular flexibility index (Phi) is 7.55. The van der Waals surface area contributed by atoms with E-state index < -0.39 is 0 Å². The number of amidine groups is 1. The molecule has 0 unspecified atom stereocenters. The number of morpholine rings is 1. The zero-order valence-electron chi connectivity index (χ0n) is 20.5. The van der Waals surface area contributed by atoms with Crippen LogP contribution >= 0.6 is 0 Å². The van der Waals surface area contributed by atoms with Gasteiger partial charge in [-0.15, -0.1) is 0 Å². The van der Waals surface area contributed by atoms with Gasteiger partial charge in [-0.3, -0.25) is 0 Å². The van der Waals surface area contributed by atoms with Gasteiger partial charge < -0.3 is 30.9 Å². The predicted molar refractivity (Wildman–Crippen MR) is 139 cm³/mol. The molecule has 0 saturated carbocycles. The molecule has 0 amide bonds. The fourth-order valence-corrected chi connectivity index (χ4v) is 4.41. The summed E-state index contributed by atoms with van der Waals surface area (Å²) in [5.41, 5.74) is 15.1. The van der Waals surface area contributed by atoms with Crippen LogP contribution in [0.2, 0.25) is 0 Å². The predicted octanol–water partition coefficient (Wildman–Crippen LogP) is 2.82. The van der Waals surface area contributed by atoms with Gasteiger partial charge in [0.1, 0.15) is 17.5 Å². The lowest BCUT2D eigenvalue weighted by atomic mass is 10.1. The van der Waals surface area contributed by atoms with Crippen LogP contribution in [-0.4, -0.2) is 72.6 Å². The van der Waals surface area contributed by atoms with Gasteiger partial charge in [0.25, 0.3) is 0 Å². The van der Waals surface area contributed by atoms with Crippen LogP contribution in [0.3, 0.4) is 0 Å². The average Bonchev–Trinajstić information content (AvgIpc) is 2.86. The second-order valence-electron chi connectivity index (χ2n) is 8.95. The summed E-state index contributed by atoms with van der Waals surface area (Å²) in [7, 11) is 0. The van der Waals surface area contributed by atoms with E-state index in [1.807, 2.05) is 18.2 Å². The number of halogens is 1. The molecular formula is C26H34FN7O. The van der Waals surface area contributed by atoms with Crippen molar-refractivity contribution in [1.82, 2.24) is 14.8 Å². The quantitative estimate of drug-likeness (QED) is 0.503. The third-order valence-electron chi connectivity index (χ3n) is 6.43. The van der Waals surface area contributed by atoms with Crippen LogP contribution in [0.5, 0.6) is 0 Å². The van der Waals surface area contributed by atoms with Crippen LogP contribution in [0.1, 0.15) is 18.1 Å². The number of hydrogen-bond acceptors (Lipinski definition) is 7. The van der Waals surface area contributed by atoms with Gasteiger partial charge >= 0.3 is 0 Å². The molecule has 1 atom stereocenters. The molecule has 2 saturated heterocycles. The summed E-state index contributed by atoms with van der Waals surface area (Å²) in [6, 6.07) is 8.69. The monoisotopic (exact) mass is 479 g/mol. The van der Waals surface area contributed by atoms with E-state index in [9.17, 15) is 4.39 Å². The van der Waals surface area contributed by atoms with Gasteiger partial charge in [0, 0.05) is 56.7 Å². The molecule has 2 aliphatic rings. The number of nitrogens with zero attached hydrogens (tertiary/aromatic N) is 5. The van der Waals surface area contributed by atoms with Crippen molar-refractivity contribution in [3.63, 3.8) is 0 Å². The van der Waals surface area contributed by atoms with Crippen LogP contribution in [0.25, 0.3) is 5.70 Å². The number of hydrogen-bond donors (Lipinski definition) is 2. The molecule has 0 spiro atoms. The molecule has 0 aliphatic carbocycles. The zero-order valence-corrected chi connectivity index (χ0v) is 20.5. The van der Waals surface area contributed by atoms with E-state index in [-0.39, 0.29) is 11.9 Å². The Labute approximate surface area is 206 Å². The molecule has 8 nitrogen and oxygen atoms in total. The number of rotatable bonds is 5. The zero-order chi connectivity index (χ0) is 24.9. The van der Waals surface area contributed by atoms with Crippen molar-refractivity contribution in [1.29, 1.82) is 0 Å². The molecule has 2 aromatic rings. The molecule has 1 aromatic carbocycles. The number of piperazine rings is 1. The van der Waals surface area contributed by atoms with E-state index in [0.717, 1.165) is 43.4 Å². The number of aryl methyl sites for hydroxylation is 1. The normalized spacial score (nSPS) is 19.7. The smallest absolute Gasteiger partial charge is 0.151 e. The number of anilines is 2. The minimum atomic E-state index is -0.255. The highest BCUT2D eigenvalue weighted by Crippen LogP contribution is 2.24. The van der Waals surface area contributed by atoms with E-state index >= 15 is 0 Å². The summed E-state index contributed by atoms with van der Waals surface area (Å²) < 4.78 is 19.3. The molecule has 4 N–H and O–H groups in total. The van der Waals surface area contributed by atoms with E-state index in [0.29, 0.717) is 42.5 Å². The summed E-state index contributed by atoms with van der Waals surface area (Å²) in [6.45, 7) is 13.0. The molecular weight excluding hydrogens is 445 g/mol. The lowest BCUT2D eigenvalue weighted by Gasteiger charge is -2.42. The van der Waals surface area contributed by atoms with E-state index in [1.54, 1.807) is 25.3 Å². The Bertz CT molecular complexity index is 1130. The van der Waals surface area contributed by atoms with Gasteiger partial charge in [0.2, 0.25) is 0 Å². The first-order valence-electron chi connectivity index (χ1n) is 11.9. The largest absolute Gasteiger partial charge is 0.398 e. The molecule has 2 fully saturated rings. The van der Waals surface area contributed by atoms with Crippen LogP contribution < -0.4 is 16.4 Å². The van der Waals surface area contributed by atoms with Crippen molar-refractivity contribution >= 4 is 23.0 Å². The standard InChI is InChI=1S/C26H34FN7O/c1-18-15-21(6-7-22(18)27)24(29)16-25(31-20(3)32-11-13-35-14-12-32)34-10-9-33(17-19(34)2)26-23(28)5-4-8-30-26/h4-8,15-16,19H,3,9-14,17,28-29H2,1-2H3/b24-16-,31-25?/t19-/m0/s1. The molecule has 0 radical (unpaired) electrons. The minimum absolute atomic E-state index is 0.111. The van der Waals surface area contributed by atoms with Crippen molar-refractivity contribution in [3.05, 3.63) is 71.9 Å². The highest BCUT2D eigenvalue weighted by atomic mass is 19.1. The van der Waals surface area contributed by atoms with Crippen molar-refractivity contribution in [3.8, 4) is 0 Å². The van der Waals surface area contributed by atoms with Gasteiger partial charge in [0.05, 0.1) is 18.9 Å². The number of benzene rings is 1. The maximum atomic E-state index is 13.8. The van der Waals surface area contributed by atoms with Gasteiger partial charge in [-0.25, -0.2) is 14.4 Å². The molecule has 186 valence electrons. The molecule has 4 rings (SSSR count). The second kappa shape index (κ2) is 10.8. The van der Waals surface area contributed by atoms with Crippen molar-refractivity contribution < 1.29 is 9.13 Å². The van der Waals surface area contributed by atoms with Crippen LogP contribution in [-0.2, 0) is 4.74 Å². The maximum absolute atomic E-state index is 13.8.